The van der Waals surface area contributed by atoms with Gasteiger partial charge in [0.15, 0.2) is 5.78 Å². The lowest BCUT2D eigenvalue weighted by Crippen LogP contribution is -2.10. The summed E-state index contributed by atoms with van der Waals surface area (Å²) < 4.78 is 16.1. The minimum Gasteiger partial charge on any atom is -0.497 e. The molecule has 1 heterocycles. The van der Waals surface area contributed by atoms with E-state index in [0.29, 0.717) is 23.3 Å². The zero-order valence-corrected chi connectivity index (χ0v) is 13.4. The summed E-state index contributed by atoms with van der Waals surface area (Å²) in [4.78, 5) is 23.2. The maximum absolute atomic E-state index is 11.8. The summed E-state index contributed by atoms with van der Waals surface area (Å²) in [6.45, 7) is 1.70. The van der Waals surface area contributed by atoms with Gasteiger partial charge in [-0.15, -0.1) is 0 Å². The Morgan fingerprint density at radius 3 is 2.67 bits per heavy atom. The lowest BCUT2D eigenvalue weighted by Gasteiger charge is -2.08. The minimum atomic E-state index is -0.639. The second kappa shape index (κ2) is 6.58. The fourth-order valence-electron chi connectivity index (χ4n) is 2.36. The molecule has 0 saturated heterocycles. The largest absolute Gasteiger partial charge is 0.497 e. The number of Topliss-reactive ketones (excluding diaryl/α,β-unsaturated/α-hetero) is 1. The van der Waals surface area contributed by atoms with Crippen LogP contribution < -0.4 is 15.1 Å². The van der Waals surface area contributed by atoms with Gasteiger partial charge in [-0.25, -0.2) is 4.79 Å². The number of ether oxygens (including phenoxy) is 2. The van der Waals surface area contributed by atoms with Gasteiger partial charge in [0.05, 0.1) is 7.11 Å². The number of ketones is 1. The molecule has 1 aromatic heterocycles. The monoisotopic (exact) mass is 324 g/mol. The van der Waals surface area contributed by atoms with E-state index in [2.05, 4.69) is 0 Å². The van der Waals surface area contributed by atoms with Crippen LogP contribution >= 0.6 is 0 Å². The van der Waals surface area contributed by atoms with Gasteiger partial charge in [0.25, 0.3) is 0 Å². The maximum Gasteiger partial charge on any atom is 0.347 e. The molecule has 0 unspecified atom stereocenters. The van der Waals surface area contributed by atoms with E-state index in [1.54, 1.807) is 25.3 Å². The van der Waals surface area contributed by atoms with Crippen molar-refractivity contribution in [2.45, 2.75) is 13.5 Å². The highest BCUT2D eigenvalue weighted by Crippen LogP contribution is 2.22. The third-order valence-electron chi connectivity index (χ3n) is 3.63. The highest BCUT2D eigenvalue weighted by atomic mass is 16.5. The van der Waals surface area contributed by atoms with Gasteiger partial charge in [-0.2, -0.15) is 0 Å². The zero-order valence-electron chi connectivity index (χ0n) is 13.4. The predicted octanol–water partition coefficient (Wildman–Crippen LogP) is 3.58. The molecule has 0 aliphatic rings. The molecule has 0 saturated carbocycles. The van der Waals surface area contributed by atoms with Gasteiger partial charge in [-0.05, 0) is 42.8 Å². The van der Waals surface area contributed by atoms with E-state index in [-0.39, 0.29) is 11.3 Å². The molecule has 0 amide bonds. The van der Waals surface area contributed by atoms with Crippen molar-refractivity contribution in [1.82, 2.24) is 0 Å². The average molecular weight is 324 g/mol. The van der Waals surface area contributed by atoms with Crippen LogP contribution in [0.3, 0.4) is 0 Å². The van der Waals surface area contributed by atoms with Crippen molar-refractivity contribution in [3.8, 4) is 11.5 Å². The highest BCUT2D eigenvalue weighted by Gasteiger charge is 2.10. The number of rotatable bonds is 5. The molecule has 0 aliphatic heterocycles. The molecule has 5 heteroatoms. The van der Waals surface area contributed by atoms with Crippen LogP contribution in [0.15, 0.2) is 57.7 Å². The third-order valence-corrected chi connectivity index (χ3v) is 3.63. The number of fused-ring (bicyclic) bond motifs is 1. The van der Waals surface area contributed by atoms with Crippen LogP contribution in [0, 0.1) is 0 Å². The first kappa shape index (κ1) is 15.8. The van der Waals surface area contributed by atoms with Gasteiger partial charge in [0.1, 0.15) is 29.3 Å². The Kier molecular flexibility index (Phi) is 4.33. The molecule has 5 nitrogen and oxygen atoms in total. The topological polar surface area (TPSA) is 65.7 Å². The van der Waals surface area contributed by atoms with Crippen molar-refractivity contribution in [1.29, 1.82) is 0 Å². The Bertz CT molecular complexity index is 955. The van der Waals surface area contributed by atoms with E-state index < -0.39 is 5.63 Å². The molecule has 0 aliphatic carbocycles. The summed E-state index contributed by atoms with van der Waals surface area (Å²) >= 11 is 0. The van der Waals surface area contributed by atoms with Crippen LogP contribution in [0.2, 0.25) is 0 Å². The summed E-state index contributed by atoms with van der Waals surface area (Å²) in [6.07, 6.45) is 0. The van der Waals surface area contributed by atoms with Gasteiger partial charge in [-0.1, -0.05) is 12.1 Å². The zero-order chi connectivity index (χ0) is 17.1. The standard InChI is InChI=1S/C19H16O5/c1-12(20)17-9-14-6-7-16(10-18(14)24-19(17)21)23-11-13-4-3-5-15(8-13)22-2/h3-10H,11H2,1-2H3. The Labute approximate surface area is 138 Å². The Balaban J connectivity index is 1.84. The summed E-state index contributed by atoms with van der Waals surface area (Å²) in [5, 5.41) is 0.675. The Morgan fingerprint density at radius 1 is 1.08 bits per heavy atom. The fraction of sp³-hybridized carbons (Fsp3) is 0.158. The molecular weight excluding hydrogens is 308 g/mol. The molecule has 0 N–H and O–H groups in total. The molecule has 3 rings (SSSR count). The smallest absolute Gasteiger partial charge is 0.347 e. The van der Waals surface area contributed by atoms with Crippen LogP contribution in [0.1, 0.15) is 22.8 Å². The van der Waals surface area contributed by atoms with Crippen molar-refractivity contribution >= 4 is 16.8 Å². The SMILES string of the molecule is COc1cccc(COc2ccc3cc(C(C)=O)c(=O)oc3c2)c1. The first-order chi connectivity index (χ1) is 11.6. The lowest BCUT2D eigenvalue weighted by atomic mass is 10.1. The van der Waals surface area contributed by atoms with Crippen LogP contribution in [-0.2, 0) is 6.61 Å². The van der Waals surface area contributed by atoms with Gasteiger partial charge >= 0.3 is 5.63 Å². The van der Waals surface area contributed by atoms with E-state index in [4.69, 9.17) is 13.9 Å². The van der Waals surface area contributed by atoms with Crippen molar-refractivity contribution in [3.05, 3.63) is 70.1 Å². The molecule has 0 spiro atoms. The number of methoxy groups -OCH3 is 1. The van der Waals surface area contributed by atoms with E-state index >= 15 is 0 Å². The van der Waals surface area contributed by atoms with E-state index in [1.807, 2.05) is 24.3 Å². The van der Waals surface area contributed by atoms with Crippen LogP contribution in [0.5, 0.6) is 11.5 Å². The summed E-state index contributed by atoms with van der Waals surface area (Å²) in [6, 6.07) is 14.3. The normalized spacial score (nSPS) is 10.6. The van der Waals surface area contributed by atoms with Gasteiger partial charge in [0.2, 0.25) is 0 Å². The molecule has 24 heavy (non-hydrogen) atoms. The Hall–Kier alpha value is -3.08. The lowest BCUT2D eigenvalue weighted by molar-refractivity contribution is 0.101. The van der Waals surface area contributed by atoms with Crippen molar-refractivity contribution in [2.75, 3.05) is 7.11 Å². The molecule has 0 bridgehead atoms. The first-order valence-corrected chi connectivity index (χ1v) is 7.41. The van der Waals surface area contributed by atoms with E-state index in [1.165, 1.54) is 13.0 Å². The van der Waals surface area contributed by atoms with Crippen molar-refractivity contribution in [3.63, 3.8) is 0 Å². The van der Waals surface area contributed by atoms with E-state index in [9.17, 15) is 9.59 Å². The highest BCUT2D eigenvalue weighted by molar-refractivity contribution is 5.96. The number of hydrogen-bond donors (Lipinski definition) is 0. The van der Waals surface area contributed by atoms with Crippen LogP contribution in [0.25, 0.3) is 11.0 Å². The summed E-state index contributed by atoms with van der Waals surface area (Å²) in [5.74, 6) is 1.02. The number of carbonyl (C=O) groups is 1. The predicted molar refractivity (Wildman–Crippen MR) is 89.8 cm³/mol. The van der Waals surface area contributed by atoms with Gasteiger partial charge in [0, 0.05) is 11.5 Å². The van der Waals surface area contributed by atoms with Crippen molar-refractivity contribution in [2.24, 2.45) is 0 Å². The summed E-state index contributed by atoms with van der Waals surface area (Å²) in [5.41, 5.74) is 0.753. The van der Waals surface area contributed by atoms with E-state index in [0.717, 1.165) is 11.3 Å². The first-order valence-electron chi connectivity index (χ1n) is 7.41. The number of carbonyl (C=O) groups excluding carboxylic acids is 1. The maximum atomic E-state index is 11.8. The van der Waals surface area contributed by atoms with Crippen LogP contribution in [-0.4, -0.2) is 12.9 Å². The van der Waals surface area contributed by atoms with Crippen LogP contribution in [0.4, 0.5) is 0 Å². The molecular formula is C19H16O5. The van der Waals surface area contributed by atoms with Gasteiger partial charge in [-0.3, -0.25) is 4.79 Å². The Morgan fingerprint density at radius 2 is 1.92 bits per heavy atom. The third kappa shape index (κ3) is 3.30. The molecule has 0 atom stereocenters. The molecule has 0 radical (unpaired) electrons. The number of hydrogen-bond acceptors (Lipinski definition) is 5. The fourth-order valence-corrected chi connectivity index (χ4v) is 2.36. The average Bonchev–Trinajstić information content (AvgIpc) is 2.59. The number of benzene rings is 2. The summed E-state index contributed by atoms with van der Waals surface area (Å²) in [7, 11) is 1.61. The second-order valence-corrected chi connectivity index (χ2v) is 5.34. The molecule has 0 fully saturated rings. The minimum absolute atomic E-state index is 0.0487. The molecule has 3 aromatic rings. The van der Waals surface area contributed by atoms with Crippen molar-refractivity contribution < 1.29 is 18.7 Å². The van der Waals surface area contributed by atoms with Gasteiger partial charge < -0.3 is 13.9 Å². The molecule has 2 aromatic carbocycles. The second-order valence-electron chi connectivity index (χ2n) is 5.34. The molecule has 122 valence electrons. The quantitative estimate of drug-likeness (QED) is 0.530.